The number of benzene rings is 2. The molecule has 0 aliphatic rings. The molecule has 0 aliphatic heterocycles. The molecular formula is C20H18FN3O3S. The van der Waals surface area contributed by atoms with E-state index in [1.54, 1.807) is 12.3 Å². The number of aromatic nitrogens is 1. The normalized spacial score (nSPS) is 11.1. The lowest BCUT2D eigenvalue weighted by molar-refractivity contribution is 0.102. The summed E-state index contributed by atoms with van der Waals surface area (Å²) in [5.41, 5.74) is 1.84. The van der Waals surface area contributed by atoms with E-state index in [-0.39, 0.29) is 22.1 Å². The Morgan fingerprint density at radius 1 is 1.00 bits per heavy atom. The van der Waals surface area contributed by atoms with Gasteiger partial charge >= 0.3 is 0 Å². The molecule has 1 amide bonds. The van der Waals surface area contributed by atoms with Crippen LogP contribution in [0.4, 0.5) is 15.9 Å². The molecule has 3 aromatic rings. The highest BCUT2D eigenvalue weighted by Gasteiger charge is 2.16. The summed E-state index contributed by atoms with van der Waals surface area (Å²) in [7, 11) is -3.87. The Morgan fingerprint density at radius 3 is 2.36 bits per heavy atom. The number of carbonyl (C=O) groups excluding carboxylic acids is 1. The summed E-state index contributed by atoms with van der Waals surface area (Å²) in [5, 5.41) is 2.68. The maximum absolute atomic E-state index is 13.4. The fourth-order valence-corrected chi connectivity index (χ4v) is 3.62. The van der Waals surface area contributed by atoms with Gasteiger partial charge in [-0.05, 0) is 79.6 Å². The minimum Gasteiger partial charge on any atom is -0.307 e. The highest BCUT2D eigenvalue weighted by Crippen LogP contribution is 2.19. The van der Waals surface area contributed by atoms with Crippen molar-refractivity contribution in [3.05, 3.63) is 83.3 Å². The van der Waals surface area contributed by atoms with Gasteiger partial charge in [-0.2, -0.15) is 0 Å². The summed E-state index contributed by atoms with van der Waals surface area (Å²) in [4.78, 5) is 16.3. The minimum atomic E-state index is -3.87. The molecule has 2 aromatic carbocycles. The number of hydrogen-bond acceptors (Lipinski definition) is 4. The number of carbonyl (C=O) groups is 1. The number of anilines is 2. The number of aryl methyl sites for hydroxylation is 2. The molecular weight excluding hydrogens is 381 g/mol. The molecule has 144 valence electrons. The van der Waals surface area contributed by atoms with Gasteiger partial charge in [0.25, 0.3) is 15.9 Å². The number of nitrogens with zero attached hydrogens (tertiary/aromatic N) is 1. The summed E-state index contributed by atoms with van der Waals surface area (Å²) < 4.78 is 40.6. The fourth-order valence-electron chi connectivity index (χ4n) is 2.48. The Kier molecular flexibility index (Phi) is 5.41. The van der Waals surface area contributed by atoms with Crippen LogP contribution in [0.5, 0.6) is 0 Å². The number of sulfonamides is 1. The first kappa shape index (κ1) is 19.5. The third-order valence-corrected chi connectivity index (χ3v) is 5.38. The van der Waals surface area contributed by atoms with Crippen molar-refractivity contribution >= 4 is 27.4 Å². The second-order valence-corrected chi connectivity index (χ2v) is 7.95. The molecule has 0 unspecified atom stereocenters. The van der Waals surface area contributed by atoms with Crippen LogP contribution in [0, 0.1) is 19.7 Å². The van der Waals surface area contributed by atoms with Crippen LogP contribution in [-0.2, 0) is 10.0 Å². The lowest BCUT2D eigenvalue weighted by Crippen LogP contribution is -2.15. The molecule has 0 saturated heterocycles. The summed E-state index contributed by atoms with van der Waals surface area (Å²) in [6, 6.07) is 13.1. The van der Waals surface area contributed by atoms with E-state index in [4.69, 9.17) is 0 Å². The summed E-state index contributed by atoms with van der Waals surface area (Å²) >= 11 is 0. The van der Waals surface area contributed by atoms with Gasteiger partial charge in [-0.15, -0.1) is 0 Å². The molecule has 2 N–H and O–H groups in total. The van der Waals surface area contributed by atoms with E-state index >= 15 is 0 Å². The zero-order valence-electron chi connectivity index (χ0n) is 15.2. The summed E-state index contributed by atoms with van der Waals surface area (Å²) in [5.74, 6) is -0.402. The number of pyridine rings is 1. The average molecular weight is 399 g/mol. The number of rotatable bonds is 5. The Bertz CT molecular complexity index is 1130. The van der Waals surface area contributed by atoms with Gasteiger partial charge in [0.2, 0.25) is 0 Å². The van der Waals surface area contributed by atoms with Gasteiger partial charge in [-0.25, -0.2) is 17.8 Å². The van der Waals surface area contributed by atoms with Gasteiger partial charge < -0.3 is 5.32 Å². The van der Waals surface area contributed by atoms with E-state index in [2.05, 4.69) is 15.0 Å². The highest BCUT2D eigenvalue weighted by molar-refractivity contribution is 7.92. The molecule has 3 rings (SSSR count). The third-order valence-electron chi connectivity index (χ3n) is 4.00. The monoisotopic (exact) mass is 399 g/mol. The zero-order valence-corrected chi connectivity index (χ0v) is 16.0. The maximum Gasteiger partial charge on any atom is 0.261 e. The fraction of sp³-hybridized carbons (Fsp3) is 0.100. The van der Waals surface area contributed by atoms with Crippen LogP contribution in [0.15, 0.2) is 65.7 Å². The molecule has 8 heteroatoms. The second-order valence-electron chi connectivity index (χ2n) is 6.27. The SMILES string of the molecule is Cc1ccnc(NC(=O)c2ccc(NS(=O)(=O)c3ccc(F)c(C)c3)cc2)c1. The molecule has 0 bridgehead atoms. The van der Waals surface area contributed by atoms with E-state index in [0.717, 1.165) is 11.6 Å². The standard InChI is InChI=1S/C20H18FN3O3S/c1-13-9-10-22-19(11-13)23-20(25)15-3-5-16(6-4-15)24-28(26,27)17-7-8-18(21)14(2)12-17/h3-12,24H,1-2H3,(H,22,23,25). The largest absolute Gasteiger partial charge is 0.307 e. The van der Waals surface area contributed by atoms with Gasteiger partial charge in [0.1, 0.15) is 11.6 Å². The number of amides is 1. The average Bonchev–Trinajstić information content (AvgIpc) is 2.64. The first-order chi connectivity index (χ1) is 13.2. The van der Waals surface area contributed by atoms with Crippen molar-refractivity contribution in [2.75, 3.05) is 10.0 Å². The Hall–Kier alpha value is -3.26. The van der Waals surface area contributed by atoms with Gasteiger partial charge in [0.15, 0.2) is 0 Å². The second kappa shape index (κ2) is 7.77. The molecule has 0 saturated carbocycles. The van der Waals surface area contributed by atoms with Crippen molar-refractivity contribution in [1.82, 2.24) is 4.98 Å². The van der Waals surface area contributed by atoms with Crippen molar-refractivity contribution < 1.29 is 17.6 Å². The molecule has 28 heavy (non-hydrogen) atoms. The van der Waals surface area contributed by atoms with Crippen molar-refractivity contribution in [2.45, 2.75) is 18.7 Å². The predicted octanol–water partition coefficient (Wildman–Crippen LogP) is 3.89. The van der Waals surface area contributed by atoms with Crippen LogP contribution in [0.2, 0.25) is 0 Å². The van der Waals surface area contributed by atoms with E-state index in [1.165, 1.54) is 43.3 Å². The lowest BCUT2D eigenvalue weighted by atomic mass is 10.2. The predicted molar refractivity (Wildman–Crippen MR) is 105 cm³/mol. The molecule has 0 radical (unpaired) electrons. The smallest absolute Gasteiger partial charge is 0.261 e. The molecule has 0 fully saturated rings. The summed E-state index contributed by atoms with van der Waals surface area (Å²) in [6.45, 7) is 3.38. The zero-order chi connectivity index (χ0) is 20.3. The van der Waals surface area contributed by atoms with Crippen LogP contribution in [0.3, 0.4) is 0 Å². The molecule has 0 atom stereocenters. The van der Waals surface area contributed by atoms with Gasteiger partial charge in [0.05, 0.1) is 4.90 Å². The van der Waals surface area contributed by atoms with Crippen LogP contribution in [-0.4, -0.2) is 19.3 Å². The topological polar surface area (TPSA) is 88.2 Å². The first-order valence-electron chi connectivity index (χ1n) is 8.38. The van der Waals surface area contributed by atoms with Crippen LogP contribution in [0.25, 0.3) is 0 Å². The number of nitrogens with one attached hydrogen (secondary N) is 2. The van der Waals surface area contributed by atoms with Crippen LogP contribution in [0.1, 0.15) is 21.5 Å². The van der Waals surface area contributed by atoms with Crippen molar-refractivity contribution in [2.24, 2.45) is 0 Å². The number of halogens is 1. The third kappa shape index (κ3) is 4.52. The molecule has 1 aromatic heterocycles. The molecule has 6 nitrogen and oxygen atoms in total. The van der Waals surface area contributed by atoms with Gasteiger partial charge in [-0.1, -0.05) is 0 Å². The highest BCUT2D eigenvalue weighted by atomic mass is 32.2. The van der Waals surface area contributed by atoms with Crippen molar-refractivity contribution in [3.63, 3.8) is 0 Å². The Morgan fingerprint density at radius 2 is 1.71 bits per heavy atom. The van der Waals surface area contributed by atoms with E-state index in [0.29, 0.717) is 11.4 Å². The molecule has 1 heterocycles. The van der Waals surface area contributed by atoms with E-state index in [1.807, 2.05) is 13.0 Å². The minimum absolute atomic E-state index is 0.0428. The van der Waals surface area contributed by atoms with Crippen LogP contribution < -0.4 is 10.0 Å². The maximum atomic E-state index is 13.4. The quantitative estimate of drug-likeness (QED) is 0.681. The van der Waals surface area contributed by atoms with Gasteiger partial charge in [0, 0.05) is 17.4 Å². The number of hydrogen-bond donors (Lipinski definition) is 2. The van der Waals surface area contributed by atoms with Crippen molar-refractivity contribution in [1.29, 1.82) is 0 Å². The summed E-state index contributed by atoms with van der Waals surface area (Å²) in [6.07, 6.45) is 1.60. The first-order valence-corrected chi connectivity index (χ1v) is 9.86. The molecule has 0 spiro atoms. The van der Waals surface area contributed by atoms with Crippen LogP contribution >= 0.6 is 0 Å². The van der Waals surface area contributed by atoms with E-state index < -0.39 is 15.8 Å². The van der Waals surface area contributed by atoms with Crippen molar-refractivity contribution in [3.8, 4) is 0 Å². The Balaban J connectivity index is 1.73. The molecule has 0 aliphatic carbocycles. The van der Waals surface area contributed by atoms with Gasteiger partial charge in [-0.3, -0.25) is 9.52 Å². The lowest BCUT2D eigenvalue weighted by Gasteiger charge is -2.10. The Labute approximate surface area is 162 Å². The van der Waals surface area contributed by atoms with E-state index in [9.17, 15) is 17.6 Å².